The molecule has 1 saturated heterocycles. The third kappa shape index (κ3) is 3.73. The van der Waals surface area contributed by atoms with Crippen LogP contribution in [0.2, 0.25) is 0 Å². The Labute approximate surface area is 177 Å². The van der Waals surface area contributed by atoms with E-state index < -0.39 is 0 Å². The zero-order valence-electron chi connectivity index (χ0n) is 16.2. The molecule has 0 spiro atoms. The van der Waals surface area contributed by atoms with Crippen molar-refractivity contribution in [2.75, 3.05) is 6.54 Å². The van der Waals surface area contributed by atoms with Gasteiger partial charge in [-0.05, 0) is 25.0 Å². The predicted molar refractivity (Wildman–Crippen MR) is 115 cm³/mol. The third-order valence-corrected chi connectivity index (χ3v) is 6.16. The second-order valence-corrected chi connectivity index (χ2v) is 8.08. The molecule has 0 saturated carbocycles. The molecule has 4 heterocycles. The van der Waals surface area contributed by atoms with E-state index in [1.807, 2.05) is 52.7 Å². The van der Waals surface area contributed by atoms with Crippen LogP contribution in [0.4, 0.5) is 0 Å². The first-order valence-corrected chi connectivity index (χ1v) is 10.8. The van der Waals surface area contributed by atoms with Crippen LogP contribution >= 0.6 is 11.3 Å². The summed E-state index contributed by atoms with van der Waals surface area (Å²) in [5.41, 5.74) is 2.72. The van der Waals surface area contributed by atoms with Gasteiger partial charge < -0.3 is 4.90 Å². The Hall–Kier alpha value is -3.39. The van der Waals surface area contributed by atoms with Gasteiger partial charge in [0.25, 0.3) is 0 Å². The standard InChI is InChI=1S/C22H20N6OS/c29-19(12-17-14-30-22(24-17)16-8-4-10-23-13-16)28-11-5-9-18(28)21-25-20(26-27-21)15-6-2-1-3-7-15/h1-4,6-8,10,13-14,18H,5,9,11-12H2,(H,25,26,27)/t18-/m0/s1. The van der Waals surface area contributed by atoms with Gasteiger partial charge in [-0.2, -0.15) is 5.10 Å². The van der Waals surface area contributed by atoms with Crippen molar-refractivity contribution in [3.8, 4) is 22.0 Å². The second kappa shape index (κ2) is 8.16. The lowest BCUT2D eigenvalue weighted by Crippen LogP contribution is -2.32. The lowest BCUT2D eigenvalue weighted by atomic mass is 10.2. The highest BCUT2D eigenvalue weighted by Crippen LogP contribution is 2.32. The van der Waals surface area contributed by atoms with Crippen LogP contribution in [-0.4, -0.2) is 42.5 Å². The Kier molecular flexibility index (Phi) is 5.06. The summed E-state index contributed by atoms with van der Waals surface area (Å²) in [4.78, 5) is 28.4. The van der Waals surface area contributed by atoms with E-state index in [9.17, 15) is 4.79 Å². The van der Waals surface area contributed by atoms with E-state index in [4.69, 9.17) is 0 Å². The van der Waals surface area contributed by atoms with Crippen molar-refractivity contribution in [2.45, 2.75) is 25.3 Å². The van der Waals surface area contributed by atoms with Crippen LogP contribution in [0.5, 0.6) is 0 Å². The summed E-state index contributed by atoms with van der Waals surface area (Å²) in [5.74, 6) is 1.47. The number of likely N-dealkylation sites (tertiary alicyclic amines) is 1. The molecule has 8 heteroatoms. The summed E-state index contributed by atoms with van der Waals surface area (Å²) in [7, 11) is 0. The van der Waals surface area contributed by atoms with E-state index in [1.54, 1.807) is 12.4 Å². The number of hydrogen-bond donors (Lipinski definition) is 1. The van der Waals surface area contributed by atoms with E-state index >= 15 is 0 Å². The maximum atomic E-state index is 13.0. The van der Waals surface area contributed by atoms with Gasteiger partial charge in [-0.15, -0.1) is 11.3 Å². The minimum Gasteiger partial charge on any atom is -0.332 e. The monoisotopic (exact) mass is 416 g/mol. The fraction of sp³-hybridized carbons (Fsp3) is 0.227. The SMILES string of the molecule is O=C(Cc1csc(-c2cccnc2)n1)N1CCC[C@H]1c1nc(-c2ccccc2)n[nH]1. The summed E-state index contributed by atoms with van der Waals surface area (Å²) in [6.45, 7) is 0.727. The number of benzene rings is 1. The Morgan fingerprint density at radius 3 is 2.83 bits per heavy atom. The summed E-state index contributed by atoms with van der Waals surface area (Å²) in [6.07, 6.45) is 5.65. The quantitative estimate of drug-likeness (QED) is 0.533. The van der Waals surface area contributed by atoms with Gasteiger partial charge in [0.15, 0.2) is 5.82 Å². The van der Waals surface area contributed by atoms with Crippen LogP contribution in [-0.2, 0) is 11.2 Å². The highest BCUT2D eigenvalue weighted by molar-refractivity contribution is 7.13. The van der Waals surface area contributed by atoms with Crippen molar-refractivity contribution in [3.63, 3.8) is 0 Å². The molecule has 1 aliphatic rings. The van der Waals surface area contributed by atoms with Crippen LogP contribution in [0.15, 0.2) is 60.2 Å². The summed E-state index contributed by atoms with van der Waals surface area (Å²) in [6, 6.07) is 13.6. The number of carbonyl (C=O) groups is 1. The molecule has 1 aromatic carbocycles. The zero-order valence-corrected chi connectivity index (χ0v) is 17.0. The van der Waals surface area contributed by atoms with E-state index in [-0.39, 0.29) is 18.4 Å². The van der Waals surface area contributed by atoms with E-state index in [0.29, 0.717) is 5.82 Å². The molecule has 0 unspecified atom stereocenters. The molecule has 0 radical (unpaired) electrons. The van der Waals surface area contributed by atoms with E-state index in [1.165, 1.54) is 11.3 Å². The smallest absolute Gasteiger partial charge is 0.229 e. The third-order valence-electron chi connectivity index (χ3n) is 5.22. The van der Waals surface area contributed by atoms with Crippen LogP contribution < -0.4 is 0 Å². The maximum absolute atomic E-state index is 13.0. The normalized spacial score (nSPS) is 16.1. The highest BCUT2D eigenvalue weighted by Gasteiger charge is 2.32. The Morgan fingerprint density at radius 1 is 1.13 bits per heavy atom. The number of H-pyrrole nitrogens is 1. The Balaban J connectivity index is 1.30. The van der Waals surface area contributed by atoms with Crippen molar-refractivity contribution in [1.82, 2.24) is 30.0 Å². The molecule has 1 atom stereocenters. The van der Waals surface area contributed by atoms with E-state index in [2.05, 4.69) is 25.1 Å². The minimum absolute atomic E-state index is 0.0678. The molecule has 0 aliphatic carbocycles. The lowest BCUT2D eigenvalue weighted by molar-refractivity contribution is -0.131. The van der Waals surface area contributed by atoms with E-state index in [0.717, 1.165) is 47.0 Å². The molecule has 4 aromatic rings. The van der Waals surface area contributed by atoms with Gasteiger partial charge in [-0.3, -0.25) is 14.9 Å². The van der Waals surface area contributed by atoms with Gasteiger partial charge in [0, 0.05) is 35.4 Å². The second-order valence-electron chi connectivity index (χ2n) is 7.22. The van der Waals surface area contributed by atoms with Gasteiger partial charge >= 0.3 is 0 Å². The van der Waals surface area contributed by atoms with Crippen LogP contribution in [0.1, 0.15) is 30.4 Å². The largest absolute Gasteiger partial charge is 0.332 e. The number of hydrogen-bond acceptors (Lipinski definition) is 6. The summed E-state index contributed by atoms with van der Waals surface area (Å²) in [5, 5.41) is 10.2. The maximum Gasteiger partial charge on any atom is 0.229 e. The molecule has 5 rings (SSSR count). The molecular formula is C22H20N6OS. The van der Waals surface area contributed by atoms with Gasteiger partial charge in [-0.25, -0.2) is 9.97 Å². The number of carbonyl (C=O) groups excluding carboxylic acids is 1. The van der Waals surface area contributed by atoms with Gasteiger partial charge in [-0.1, -0.05) is 30.3 Å². The molecule has 1 amide bonds. The first-order chi connectivity index (χ1) is 14.8. The first-order valence-electron chi connectivity index (χ1n) is 9.90. The van der Waals surface area contributed by atoms with Crippen LogP contribution in [0, 0.1) is 0 Å². The van der Waals surface area contributed by atoms with Crippen molar-refractivity contribution in [1.29, 1.82) is 0 Å². The van der Waals surface area contributed by atoms with Crippen LogP contribution in [0.3, 0.4) is 0 Å². The molecule has 150 valence electrons. The predicted octanol–water partition coefficient (Wildman–Crippen LogP) is 3.90. The van der Waals surface area contributed by atoms with Crippen molar-refractivity contribution in [2.24, 2.45) is 0 Å². The first kappa shape index (κ1) is 18.6. The zero-order chi connectivity index (χ0) is 20.3. The lowest BCUT2D eigenvalue weighted by Gasteiger charge is -2.22. The Morgan fingerprint density at radius 2 is 2.00 bits per heavy atom. The highest BCUT2D eigenvalue weighted by atomic mass is 32.1. The van der Waals surface area contributed by atoms with Gasteiger partial charge in [0.05, 0.1) is 18.2 Å². The summed E-state index contributed by atoms with van der Waals surface area (Å²) >= 11 is 1.53. The molecular weight excluding hydrogens is 396 g/mol. The van der Waals surface area contributed by atoms with Gasteiger partial charge in [0.2, 0.25) is 5.91 Å². The Bertz CT molecular complexity index is 1140. The number of amides is 1. The molecule has 1 aliphatic heterocycles. The van der Waals surface area contributed by atoms with Crippen molar-refractivity contribution < 1.29 is 4.79 Å². The minimum atomic E-state index is -0.0705. The number of nitrogens with one attached hydrogen (secondary N) is 1. The fourth-order valence-electron chi connectivity index (χ4n) is 3.76. The number of aromatic amines is 1. The molecule has 1 N–H and O–H groups in total. The number of rotatable bonds is 5. The van der Waals surface area contributed by atoms with Crippen molar-refractivity contribution >= 4 is 17.2 Å². The number of nitrogens with zero attached hydrogens (tertiary/aromatic N) is 5. The topological polar surface area (TPSA) is 87.7 Å². The molecule has 3 aromatic heterocycles. The average Bonchev–Trinajstić information content (AvgIpc) is 3.55. The molecule has 7 nitrogen and oxygen atoms in total. The van der Waals surface area contributed by atoms with Crippen molar-refractivity contribution in [3.05, 3.63) is 71.8 Å². The number of aromatic nitrogens is 5. The number of pyridine rings is 1. The molecule has 0 bridgehead atoms. The summed E-state index contributed by atoms with van der Waals surface area (Å²) < 4.78 is 0. The number of thiazole rings is 1. The van der Waals surface area contributed by atoms with Crippen LogP contribution in [0.25, 0.3) is 22.0 Å². The molecule has 30 heavy (non-hydrogen) atoms. The fourth-order valence-corrected chi connectivity index (χ4v) is 4.57. The molecule has 1 fully saturated rings. The average molecular weight is 417 g/mol. The van der Waals surface area contributed by atoms with Gasteiger partial charge in [0.1, 0.15) is 10.8 Å².